The van der Waals surface area contributed by atoms with E-state index in [0.29, 0.717) is 11.1 Å². The number of benzene rings is 3. The maximum absolute atomic E-state index is 15.3. The van der Waals surface area contributed by atoms with E-state index in [4.69, 9.17) is 0 Å². The molecule has 0 saturated carbocycles. The molecule has 0 heterocycles. The first-order valence-electron chi connectivity index (χ1n) is 8.45. The molecule has 0 aliphatic carbocycles. The molecular weight excluding hydrogens is 325 g/mol. The van der Waals surface area contributed by atoms with E-state index in [1.54, 1.807) is 12.1 Å². The smallest absolute Gasteiger partial charge is 0.150 e. The van der Waals surface area contributed by atoms with Crippen LogP contribution in [0.15, 0.2) is 90.8 Å². The molecule has 2 nitrogen and oxygen atoms in total. The van der Waals surface area contributed by atoms with E-state index in [0.717, 1.165) is 23.1 Å². The topological polar surface area (TPSA) is 20.3 Å². The largest absolute Gasteiger partial charge is 0.368 e. The van der Waals surface area contributed by atoms with Crippen LogP contribution in [0.3, 0.4) is 0 Å². The van der Waals surface area contributed by atoms with Gasteiger partial charge in [0.15, 0.2) is 0 Å². The standard InChI is InChI=1S/C23H20FNO/c1-25(21-14-12-18(17-26)13-15-21)16-22(24)23(19-8-4-2-5-9-19)20-10-6-3-7-11-20/h2-15,17H,16H2,1H3. The lowest BCUT2D eigenvalue weighted by Crippen LogP contribution is -2.19. The van der Waals surface area contributed by atoms with Crippen molar-refractivity contribution < 1.29 is 9.18 Å². The van der Waals surface area contributed by atoms with E-state index in [2.05, 4.69) is 0 Å². The Morgan fingerprint density at radius 3 is 1.81 bits per heavy atom. The molecule has 3 rings (SSSR count). The number of carbonyl (C=O) groups is 1. The Labute approximate surface area is 153 Å². The summed E-state index contributed by atoms with van der Waals surface area (Å²) in [6.45, 7) is 0.138. The number of halogens is 1. The van der Waals surface area contributed by atoms with Crippen molar-refractivity contribution in [2.75, 3.05) is 18.5 Å². The van der Waals surface area contributed by atoms with E-state index >= 15 is 4.39 Å². The van der Waals surface area contributed by atoms with Crippen LogP contribution in [0.5, 0.6) is 0 Å². The van der Waals surface area contributed by atoms with Gasteiger partial charge in [0.2, 0.25) is 0 Å². The number of carbonyl (C=O) groups excluding carboxylic acids is 1. The lowest BCUT2D eigenvalue weighted by atomic mass is 9.97. The highest BCUT2D eigenvalue weighted by atomic mass is 19.1. The molecule has 0 bridgehead atoms. The van der Waals surface area contributed by atoms with Crippen LogP contribution in [-0.2, 0) is 0 Å². The summed E-state index contributed by atoms with van der Waals surface area (Å²) in [5.74, 6) is -0.204. The highest BCUT2D eigenvalue weighted by Gasteiger charge is 2.14. The van der Waals surface area contributed by atoms with Gasteiger partial charge < -0.3 is 4.90 Å². The van der Waals surface area contributed by atoms with Crippen LogP contribution >= 0.6 is 0 Å². The summed E-state index contributed by atoms with van der Waals surface area (Å²) in [5.41, 5.74) is 3.75. The third-order valence-electron chi connectivity index (χ3n) is 4.24. The van der Waals surface area contributed by atoms with Gasteiger partial charge in [0.05, 0.1) is 6.54 Å². The summed E-state index contributed by atoms with van der Waals surface area (Å²) < 4.78 is 15.3. The number of nitrogens with zero attached hydrogens (tertiary/aromatic N) is 1. The lowest BCUT2D eigenvalue weighted by molar-refractivity contribution is 0.112. The minimum Gasteiger partial charge on any atom is -0.368 e. The van der Waals surface area contributed by atoms with Gasteiger partial charge in [-0.1, -0.05) is 60.7 Å². The Hall–Kier alpha value is -3.20. The molecule has 3 aromatic carbocycles. The molecule has 0 amide bonds. The summed E-state index contributed by atoms with van der Waals surface area (Å²) in [6.07, 6.45) is 0.799. The lowest BCUT2D eigenvalue weighted by Gasteiger charge is -2.20. The zero-order valence-electron chi connectivity index (χ0n) is 14.6. The summed E-state index contributed by atoms with van der Waals surface area (Å²) in [4.78, 5) is 12.6. The van der Waals surface area contributed by atoms with E-state index in [9.17, 15) is 4.79 Å². The monoisotopic (exact) mass is 345 g/mol. The van der Waals surface area contributed by atoms with Crippen LogP contribution in [0.4, 0.5) is 10.1 Å². The Morgan fingerprint density at radius 2 is 1.35 bits per heavy atom. The molecule has 3 heteroatoms. The molecule has 0 unspecified atom stereocenters. The quantitative estimate of drug-likeness (QED) is 0.560. The van der Waals surface area contributed by atoms with Crippen molar-refractivity contribution in [3.05, 3.63) is 107 Å². The molecule has 0 fully saturated rings. The average Bonchev–Trinajstić information content (AvgIpc) is 2.70. The Bertz CT molecular complexity index is 845. The normalized spacial score (nSPS) is 10.2. The number of anilines is 1. The Kier molecular flexibility index (Phi) is 5.59. The van der Waals surface area contributed by atoms with Gasteiger partial charge in [-0.25, -0.2) is 4.39 Å². The summed E-state index contributed by atoms with van der Waals surface area (Å²) in [6, 6.07) is 26.3. The van der Waals surface area contributed by atoms with E-state index in [-0.39, 0.29) is 12.4 Å². The van der Waals surface area contributed by atoms with E-state index < -0.39 is 0 Å². The predicted molar refractivity (Wildman–Crippen MR) is 105 cm³/mol. The summed E-state index contributed by atoms with van der Waals surface area (Å²) in [5, 5.41) is 0. The van der Waals surface area contributed by atoms with Crippen molar-refractivity contribution in [1.82, 2.24) is 0 Å². The van der Waals surface area contributed by atoms with Gasteiger partial charge in [0, 0.05) is 23.9 Å². The maximum atomic E-state index is 15.3. The Morgan fingerprint density at radius 1 is 0.846 bits per heavy atom. The van der Waals surface area contributed by atoms with Crippen LogP contribution in [0, 0.1) is 0 Å². The molecule has 0 aliphatic rings. The van der Waals surface area contributed by atoms with Gasteiger partial charge in [0.1, 0.15) is 12.1 Å². The van der Waals surface area contributed by atoms with Crippen molar-refractivity contribution in [3.63, 3.8) is 0 Å². The molecule has 0 saturated heterocycles. The minimum atomic E-state index is -0.204. The molecule has 26 heavy (non-hydrogen) atoms. The zero-order chi connectivity index (χ0) is 18.4. The van der Waals surface area contributed by atoms with Crippen LogP contribution in [0.2, 0.25) is 0 Å². The highest BCUT2D eigenvalue weighted by molar-refractivity contribution is 5.81. The van der Waals surface area contributed by atoms with Gasteiger partial charge >= 0.3 is 0 Å². The maximum Gasteiger partial charge on any atom is 0.150 e. The predicted octanol–water partition coefficient (Wildman–Crippen LogP) is 5.36. The minimum absolute atomic E-state index is 0.138. The van der Waals surface area contributed by atoms with Gasteiger partial charge in [0.25, 0.3) is 0 Å². The van der Waals surface area contributed by atoms with Gasteiger partial charge in [-0.3, -0.25) is 4.79 Å². The SMILES string of the molecule is CN(CC(F)=C(c1ccccc1)c1ccccc1)c1ccc(C=O)cc1. The molecule has 130 valence electrons. The van der Waals surface area contributed by atoms with Crippen molar-refractivity contribution in [2.45, 2.75) is 0 Å². The molecular formula is C23H20FNO. The Balaban J connectivity index is 1.95. The molecule has 0 aromatic heterocycles. The number of hydrogen-bond acceptors (Lipinski definition) is 2. The number of likely N-dealkylation sites (N-methyl/N-ethyl adjacent to an activating group) is 1. The number of rotatable bonds is 6. The fourth-order valence-electron chi connectivity index (χ4n) is 2.88. The third-order valence-corrected chi connectivity index (χ3v) is 4.24. The molecule has 0 atom stereocenters. The molecule has 3 aromatic rings. The van der Waals surface area contributed by atoms with Gasteiger partial charge in [-0.2, -0.15) is 0 Å². The van der Waals surface area contributed by atoms with Crippen molar-refractivity contribution >= 4 is 17.5 Å². The molecule has 0 N–H and O–H groups in total. The number of hydrogen-bond donors (Lipinski definition) is 0. The molecule has 0 spiro atoms. The van der Waals surface area contributed by atoms with Crippen LogP contribution < -0.4 is 4.90 Å². The van der Waals surface area contributed by atoms with Crippen LogP contribution in [-0.4, -0.2) is 19.9 Å². The van der Waals surface area contributed by atoms with Crippen molar-refractivity contribution in [2.24, 2.45) is 0 Å². The van der Waals surface area contributed by atoms with Gasteiger partial charge in [-0.05, 0) is 35.4 Å². The first-order chi connectivity index (χ1) is 12.7. The first kappa shape index (κ1) is 17.6. The van der Waals surface area contributed by atoms with E-state index in [1.807, 2.05) is 84.7 Å². The summed E-state index contributed by atoms with van der Waals surface area (Å²) in [7, 11) is 1.84. The number of aldehydes is 1. The molecule has 0 aliphatic heterocycles. The fourth-order valence-corrected chi connectivity index (χ4v) is 2.88. The summed E-state index contributed by atoms with van der Waals surface area (Å²) >= 11 is 0. The first-order valence-corrected chi connectivity index (χ1v) is 8.45. The second kappa shape index (κ2) is 8.26. The van der Waals surface area contributed by atoms with Crippen molar-refractivity contribution in [1.29, 1.82) is 0 Å². The van der Waals surface area contributed by atoms with Crippen LogP contribution in [0.1, 0.15) is 21.5 Å². The second-order valence-corrected chi connectivity index (χ2v) is 6.08. The average molecular weight is 345 g/mol. The van der Waals surface area contributed by atoms with Crippen LogP contribution in [0.25, 0.3) is 5.57 Å². The third kappa shape index (κ3) is 4.06. The van der Waals surface area contributed by atoms with E-state index in [1.165, 1.54) is 0 Å². The fraction of sp³-hybridized carbons (Fsp3) is 0.0870. The highest BCUT2D eigenvalue weighted by Crippen LogP contribution is 2.28. The molecule has 0 radical (unpaired) electrons. The van der Waals surface area contributed by atoms with Gasteiger partial charge in [-0.15, -0.1) is 0 Å². The van der Waals surface area contributed by atoms with Crippen molar-refractivity contribution in [3.8, 4) is 0 Å². The zero-order valence-corrected chi connectivity index (χ0v) is 14.6. The second-order valence-electron chi connectivity index (χ2n) is 6.08.